The van der Waals surface area contributed by atoms with E-state index >= 15 is 0 Å². The third-order valence-corrected chi connectivity index (χ3v) is 4.87. The van der Waals surface area contributed by atoms with E-state index in [9.17, 15) is 9.18 Å². The van der Waals surface area contributed by atoms with Crippen LogP contribution in [0.5, 0.6) is 0 Å². The maximum atomic E-state index is 13.5. The predicted molar refractivity (Wildman–Crippen MR) is 112 cm³/mol. The van der Waals surface area contributed by atoms with Gasteiger partial charge in [0.2, 0.25) is 0 Å². The Bertz CT molecular complexity index is 1260. The zero-order chi connectivity index (χ0) is 21.5. The standard InChI is InChI=1S/C21H19ClFN5O2/c1-21(2,3)28-20(25-26-27-28)18(24-14-7-4-12(22)5-8-14)16-11-30-17-10-13(23)6-9-15(17)19(16)29/h4-11,18,24H,1-3H3. The number of halogens is 2. The fourth-order valence-electron chi connectivity index (χ4n) is 3.16. The molecule has 2 heterocycles. The summed E-state index contributed by atoms with van der Waals surface area (Å²) in [7, 11) is 0. The Labute approximate surface area is 176 Å². The summed E-state index contributed by atoms with van der Waals surface area (Å²) < 4.78 is 20.8. The summed E-state index contributed by atoms with van der Waals surface area (Å²) in [6.45, 7) is 5.87. The molecule has 154 valence electrons. The van der Waals surface area contributed by atoms with Crippen LogP contribution in [0.4, 0.5) is 10.1 Å². The molecule has 1 atom stereocenters. The van der Waals surface area contributed by atoms with Crippen LogP contribution < -0.4 is 10.7 Å². The number of rotatable bonds is 4. The first-order valence-electron chi connectivity index (χ1n) is 9.26. The summed E-state index contributed by atoms with van der Waals surface area (Å²) >= 11 is 5.99. The first-order chi connectivity index (χ1) is 14.2. The monoisotopic (exact) mass is 427 g/mol. The Morgan fingerprint density at radius 1 is 1.17 bits per heavy atom. The molecular formula is C21H19ClFN5O2. The molecule has 1 N–H and O–H groups in total. The molecule has 2 aromatic carbocycles. The number of anilines is 1. The van der Waals surface area contributed by atoms with E-state index in [1.165, 1.54) is 24.5 Å². The third-order valence-electron chi connectivity index (χ3n) is 4.62. The lowest BCUT2D eigenvalue weighted by Gasteiger charge is -2.25. The molecule has 0 aliphatic carbocycles. The van der Waals surface area contributed by atoms with Gasteiger partial charge < -0.3 is 9.73 Å². The van der Waals surface area contributed by atoms with E-state index in [1.807, 2.05) is 20.8 Å². The van der Waals surface area contributed by atoms with Crippen molar-refractivity contribution < 1.29 is 8.81 Å². The first-order valence-corrected chi connectivity index (χ1v) is 9.63. The second-order valence-corrected chi connectivity index (χ2v) is 8.30. The van der Waals surface area contributed by atoms with E-state index in [2.05, 4.69) is 20.8 Å². The summed E-state index contributed by atoms with van der Waals surface area (Å²) in [5.41, 5.74) is 0.449. The Kier molecular flexibility index (Phi) is 5.03. The number of hydrogen-bond donors (Lipinski definition) is 1. The highest BCUT2D eigenvalue weighted by molar-refractivity contribution is 6.30. The molecule has 7 nitrogen and oxygen atoms in total. The van der Waals surface area contributed by atoms with Crippen molar-refractivity contribution in [1.29, 1.82) is 0 Å². The van der Waals surface area contributed by atoms with Crippen molar-refractivity contribution in [2.24, 2.45) is 0 Å². The SMILES string of the molecule is CC(C)(C)n1nnnc1C(Nc1ccc(Cl)cc1)c1coc2cc(F)ccc2c1=O. The van der Waals surface area contributed by atoms with Gasteiger partial charge in [0.15, 0.2) is 11.3 Å². The van der Waals surface area contributed by atoms with Gasteiger partial charge in [-0.25, -0.2) is 9.07 Å². The highest BCUT2D eigenvalue weighted by Gasteiger charge is 2.29. The number of benzene rings is 2. The third kappa shape index (κ3) is 3.78. The lowest BCUT2D eigenvalue weighted by Crippen LogP contribution is -2.31. The molecule has 0 amide bonds. The number of fused-ring (bicyclic) bond motifs is 1. The van der Waals surface area contributed by atoms with Crippen molar-refractivity contribution in [2.45, 2.75) is 32.4 Å². The smallest absolute Gasteiger partial charge is 0.198 e. The molecule has 0 bridgehead atoms. The molecule has 0 aliphatic rings. The van der Waals surface area contributed by atoms with Gasteiger partial charge in [0, 0.05) is 16.8 Å². The fourth-order valence-corrected chi connectivity index (χ4v) is 3.29. The van der Waals surface area contributed by atoms with E-state index < -0.39 is 17.4 Å². The lowest BCUT2D eigenvalue weighted by atomic mass is 10.0. The van der Waals surface area contributed by atoms with E-state index in [1.54, 1.807) is 28.9 Å². The first kappa shape index (κ1) is 20.0. The number of hydrogen-bond acceptors (Lipinski definition) is 6. The second-order valence-electron chi connectivity index (χ2n) is 7.86. The Hall–Kier alpha value is -3.26. The van der Waals surface area contributed by atoms with E-state index in [-0.39, 0.29) is 16.4 Å². The van der Waals surface area contributed by atoms with E-state index in [0.29, 0.717) is 22.1 Å². The van der Waals surface area contributed by atoms with Gasteiger partial charge in [0.1, 0.15) is 23.7 Å². The van der Waals surface area contributed by atoms with Crippen molar-refractivity contribution in [3.8, 4) is 0 Å². The van der Waals surface area contributed by atoms with Crippen molar-refractivity contribution >= 4 is 28.3 Å². The Balaban J connectivity index is 1.90. The number of nitrogens with zero attached hydrogens (tertiary/aromatic N) is 4. The quantitative estimate of drug-likeness (QED) is 0.515. The topological polar surface area (TPSA) is 85.8 Å². The number of nitrogens with one attached hydrogen (secondary N) is 1. The zero-order valence-corrected chi connectivity index (χ0v) is 17.3. The maximum Gasteiger partial charge on any atom is 0.198 e. The highest BCUT2D eigenvalue weighted by Crippen LogP contribution is 2.28. The summed E-state index contributed by atoms with van der Waals surface area (Å²) in [6.07, 6.45) is 1.32. The van der Waals surface area contributed by atoms with Crippen LogP contribution in [0.25, 0.3) is 11.0 Å². The average molecular weight is 428 g/mol. The van der Waals surface area contributed by atoms with Gasteiger partial charge in [0.05, 0.1) is 16.5 Å². The largest absolute Gasteiger partial charge is 0.464 e. The molecule has 1 unspecified atom stereocenters. The molecule has 0 saturated carbocycles. The van der Waals surface area contributed by atoms with Crippen LogP contribution >= 0.6 is 11.6 Å². The molecule has 2 aromatic heterocycles. The average Bonchev–Trinajstić information content (AvgIpc) is 3.18. The van der Waals surface area contributed by atoms with Crippen LogP contribution in [-0.4, -0.2) is 20.2 Å². The summed E-state index contributed by atoms with van der Waals surface area (Å²) in [5.74, 6) is -0.0443. The number of aromatic nitrogens is 4. The van der Waals surface area contributed by atoms with Gasteiger partial charge in [0.25, 0.3) is 0 Å². The van der Waals surface area contributed by atoms with Crippen molar-refractivity contribution in [2.75, 3.05) is 5.32 Å². The lowest BCUT2D eigenvalue weighted by molar-refractivity contribution is 0.332. The van der Waals surface area contributed by atoms with Crippen molar-refractivity contribution in [1.82, 2.24) is 20.2 Å². The molecule has 0 spiro atoms. The number of tetrazole rings is 1. The van der Waals surface area contributed by atoms with Gasteiger partial charge in [-0.15, -0.1) is 5.10 Å². The molecule has 0 radical (unpaired) electrons. The molecular weight excluding hydrogens is 409 g/mol. The molecule has 9 heteroatoms. The van der Waals surface area contributed by atoms with Crippen LogP contribution in [0.15, 0.2) is 57.9 Å². The Morgan fingerprint density at radius 3 is 2.60 bits per heavy atom. The van der Waals surface area contributed by atoms with Gasteiger partial charge in [-0.3, -0.25) is 4.79 Å². The van der Waals surface area contributed by atoms with Gasteiger partial charge in [-0.05, 0) is 67.6 Å². The maximum absolute atomic E-state index is 13.5. The predicted octanol–water partition coefficient (Wildman–Crippen LogP) is 4.53. The minimum Gasteiger partial charge on any atom is -0.464 e. The summed E-state index contributed by atoms with van der Waals surface area (Å²) in [5, 5.41) is 16.3. The second kappa shape index (κ2) is 7.53. The van der Waals surface area contributed by atoms with Crippen LogP contribution in [0.2, 0.25) is 5.02 Å². The minimum atomic E-state index is -0.717. The normalized spacial score (nSPS) is 12.8. The van der Waals surface area contributed by atoms with Crippen LogP contribution in [0.3, 0.4) is 0 Å². The van der Waals surface area contributed by atoms with Crippen molar-refractivity contribution in [3.63, 3.8) is 0 Å². The van der Waals surface area contributed by atoms with Gasteiger partial charge in [-0.1, -0.05) is 11.6 Å². The molecule has 4 rings (SSSR count). The van der Waals surface area contributed by atoms with Gasteiger partial charge in [-0.2, -0.15) is 0 Å². The highest BCUT2D eigenvalue weighted by atomic mass is 35.5. The molecule has 0 saturated heterocycles. The molecule has 0 aliphatic heterocycles. The zero-order valence-electron chi connectivity index (χ0n) is 16.6. The van der Waals surface area contributed by atoms with Crippen LogP contribution in [0.1, 0.15) is 38.2 Å². The minimum absolute atomic E-state index is 0.171. The van der Waals surface area contributed by atoms with E-state index in [4.69, 9.17) is 16.0 Å². The van der Waals surface area contributed by atoms with Crippen LogP contribution in [-0.2, 0) is 5.54 Å². The van der Waals surface area contributed by atoms with Crippen molar-refractivity contribution in [3.05, 3.63) is 81.2 Å². The van der Waals surface area contributed by atoms with E-state index in [0.717, 1.165) is 0 Å². The summed E-state index contributed by atoms with van der Waals surface area (Å²) in [6, 6.07) is 10.2. The summed E-state index contributed by atoms with van der Waals surface area (Å²) in [4.78, 5) is 13.3. The van der Waals surface area contributed by atoms with Crippen LogP contribution in [0, 0.1) is 5.82 Å². The van der Waals surface area contributed by atoms with Gasteiger partial charge >= 0.3 is 0 Å². The fraction of sp³-hybridized carbons (Fsp3) is 0.238. The molecule has 0 fully saturated rings. The molecule has 4 aromatic rings. The molecule has 30 heavy (non-hydrogen) atoms. The Morgan fingerprint density at radius 2 is 1.90 bits per heavy atom.